The van der Waals surface area contributed by atoms with Crippen LogP contribution >= 0.6 is 11.6 Å². The predicted molar refractivity (Wildman–Crippen MR) is 133 cm³/mol. The number of aromatic nitrogens is 1. The molecule has 34 heavy (non-hydrogen) atoms. The van der Waals surface area contributed by atoms with E-state index in [1.165, 1.54) is 16.7 Å². The number of amides is 1. The standard InChI is InChI=1S/C28H24ClFN2O2/c1-17-24(27(33)31-26(18-8-5-9-18)19-10-6-11-20(30)16-19)22-14-7-15-23(29)25(22)28(34)32(17)21-12-3-2-4-13-21/h2-4,6-7,10-16,18,26H,5,8-9H2,1H3,(H,31,33)/t26-/m0/s1. The van der Waals surface area contributed by atoms with E-state index in [4.69, 9.17) is 11.6 Å². The first-order chi connectivity index (χ1) is 16.5. The number of nitrogens with zero attached hydrogens (tertiary/aromatic N) is 1. The molecule has 1 aromatic heterocycles. The molecular weight excluding hydrogens is 451 g/mol. The van der Waals surface area contributed by atoms with E-state index in [1.54, 1.807) is 31.2 Å². The average molecular weight is 475 g/mol. The minimum atomic E-state index is -0.331. The molecule has 1 aliphatic rings. The molecule has 0 bridgehead atoms. The van der Waals surface area contributed by atoms with Crippen molar-refractivity contribution < 1.29 is 9.18 Å². The highest BCUT2D eigenvalue weighted by Gasteiger charge is 2.31. The second kappa shape index (κ2) is 9.07. The van der Waals surface area contributed by atoms with Gasteiger partial charge in [0.15, 0.2) is 0 Å². The maximum atomic E-state index is 14.0. The van der Waals surface area contributed by atoms with Crippen LogP contribution in [0.25, 0.3) is 16.5 Å². The van der Waals surface area contributed by atoms with E-state index in [2.05, 4.69) is 5.32 Å². The zero-order valence-corrected chi connectivity index (χ0v) is 19.5. The Balaban J connectivity index is 1.67. The highest BCUT2D eigenvalue weighted by Crippen LogP contribution is 2.38. The molecule has 1 aliphatic carbocycles. The minimum Gasteiger partial charge on any atom is -0.345 e. The van der Waals surface area contributed by atoms with Gasteiger partial charge in [0, 0.05) is 16.8 Å². The lowest BCUT2D eigenvalue weighted by atomic mass is 9.77. The summed E-state index contributed by atoms with van der Waals surface area (Å²) in [5.74, 6) is -0.404. The lowest BCUT2D eigenvalue weighted by Crippen LogP contribution is -2.37. The Morgan fingerprint density at radius 3 is 2.47 bits per heavy atom. The third-order valence-electron chi connectivity index (χ3n) is 6.75. The Kier molecular flexibility index (Phi) is 5.96. The number of carbonyl (C=O) groups excluding carboxylic acids is 1. The van der Waals surface area contributed by atoms with Gasteiger partial charge < -0.3 is 5.32 Å². The van der Waals surface area contributed by atoms with Crippen LogP contribution in [0.2, 0.25) is 5.02 Å². The van der Waals surface area contributed by atoms with Crippen molar-refractivity contribution in [1.82, 2.24) is 9.88 Å². The Labute approximate surface area is 202 Å². The summed E-state index contributed by atoms with van der Waals surface area (Å²) >= 11 is 6.47. The molecule has 5 rings (SSSR count). The number of pyridine rings is 1. The monoisotopic (exact) mass is 474 g/mol. The molecule has 0 spiro atoms. The number of para-hydroxylation sites is 1. The molecule has 4 nitrogen and oxygen atoms in total. The van der Waals surface area contributed by atoms with Gasteiger partial charge in [-0.3, -0.25) is 14.2 Å². The van der Waals surface area contributed by atoms with Crippen LogP contribution in [0.1, 0.15) is 46.9 Å². The summed E-state index contributed by atoms with van der Waals surface area (Å²) in [7, 11) is 0. The Morgan fingerprint density at radius 2 is 1.79 bits per heavy atom. The van der Waals surface area contributed by atoms with Gasteiger partial charge in [-0.15, -0.1) is 0 Å². The Hall–Kier alpha value is -3.44. The van der Waals surface area contributed by atoms with E-state index in [1.807, 2.05) is 36.4 Å². The Bertz CT molecular complexity index is 1440. The molecule has 3 aromatic carbocycles. The molecule has 1 heterocycles. The second-order valence-electron chi connectivity index (χ2n) is 8.80. The lowest BCUT2D eigenvalue weighted by Gasteiger charge is -2.35. The second-order valence-corrected chi connectivity index (χ2v) is 9.20. The van der Waals surface area contributed by atoms with Gasteiger partial charge in [0.25, 0.3) is 11.5 Å². The predicted octanol–water partition coefficient (Wildman–Crippen LogP) is 6.36. The van der Waals surface area contributed by atoms with Gasteiger partial charge in [-0.2, -0.15) is 0 Å². The third-order valence-corrected chi connectivity index (χ3v) is 7.07. The van der Waals surface area contributed by atoms with Crippen molar-refractivity contribution in [2.24, 2.45) is 5.92 Å². The summed E-state index contributed by atoms with van der Waals surface area (Å²) in [5.41, 5.74) is 2.04. The molecule has 6 heteroatoms. The number of halogens is 2. The molecule has 1 amide bonds. The largest absolute Gasteiger partial charge is 0.345 e. The van der Waals surface area contributed by atoms with Crippen molar-refractivity contribution in [1.29, 1.82) is 0 Å². The van der Waals surface area contributed by atoms with Crippen LogP contribution in [0.4, 0.5) is 4.39 Å². The van der Waals surface area contributed by atoms with Gasteiger partial charge in [-0.1, -0.05) is 60.5 Å². The van der Waals surface area contributed by atoms with E-state index < -0.39 is 0 Å². The Morgan fingerprint density at radius 1 is 1.06 bits per heavy atom. The van der Waals surface area contributed by atoms with Gasteiger partial charge in [0.05, 0.1) is 22.0 Å². The first-order valence-corrected chi connectivity index (χ1v) is 11.8. The van der Waals surface area contributed by atoms with Crippen LogP contribution in [0.3, 0.4) is 0 Å². The number of hydrogen-bond donors (Lipinski definition) is 1. The van der Waals surface area contributed by atoms with Crippen LogP contribution in [-0.2, 0) is 0 Å². The summed E-state index contributed by atoms with van der Waals surface area (Å²) in [6.07, 6.45) is 3.02. The fourth-order valence-electron chi connectivity index (χ4n) is 4.86. The van der Waals surface area contributed by atoms with Crippen LogP contribution < -0.4 is 10.9 Å². The smallest absolute Gasteiger partial charge is 0.264 e. The van der Waals surface area contributed by atoms with Gasteiger partial charge >= 0.3 is 0 Å². The van der Waals surface area contributed by atoms with E-state index in [0.29, 0.717) is 32.7 Å². The van der Waals surface area contributed by atoms with Gasteiger partial charge in [0.2, 0.25) is 0 Å². The molecule has 1 saturated carbocycles. The van der Waals surface area contributed by atoms with Crippen molar-refractivity contribution in [2.45, 2.75) is 32.2 Å². The van der Waals surface area contributed by atoms with Crippen molar-refractivity contribution in [3.63, 3.8) is 0 Å². The zero-order valence-electron chi connectivity index (χ0n) is 18.7. The third kappa shape index (κ3) is 3.90. The van der Waals surface area contributed by atoms with Crippen molar-refractivity contribution in [2.75, 3.05) is 0 Å². The quantitative estimate of drug-likeness (QED) is 0.365. The van der Waals surface area contributed by atoms with Gasteiger partial charge in [-0.05, 0) is 61.6 Å². The number of benzene rings is 3. The summed E-state index contributed by atoms with van der Waals surface area (Å²) in [5, 5.41) is 4.27. The number of hydrogen-bond acceptors (Lipinski definition) is 2. The first kappa shape index (κ1) is 22.4. The average Bonchev–Trinajstić information content (AvgIpc) is 2.78. The topological polar surface area (TPSA) is 51.1 Å². The number of rotatable bonds is 5. The van der Waals surface area contributed by atoms with E-state index in [0.717, 1.165) is 24.8 Å². The zero-order chi connectivity index (χ0) is 23.8. The molecule has 1 fully saturated rings. The normalized spacial score (nSPS) is 14.6. The summed E-state index contributed by atoms with van der Waals surface area (Å²) in [6.45, 7) is 1.77. The molecule has 4 aromatic rings. The highest BCUT2D eigenvalue weighted by molar-refractivity contribution is 6.36. The van der Waals surface area contributed by atoms with E-state index in [-0.39, 0.29) is 29.2 Å². The lowest BCUT2D eigenvalue weighted by molar-refractivity contribution is 0.0901. The molecule has 0 unspecified atom stereocenters. The van der Waals surface area contributed by atoms with Crippen LogP contribution in [-0.4, -0.2) is 10.5 Å². The molecule has 0 aliphatic heterocycles. The van der Waals surface area contributed by atoms with Crippen LogP contribution in [0, 0.1) is 18.7 Å². The SMILES string of the molecule is Cc1c(C(=O)N[C@H](c2cccc(F)c2)C2CCC2)c2cccc(Cl)c2c(=O)n1-c1ccccc1. The summed E-state index contributed by atoms with van der Waals surface area (Å²) in [6, 6.07) is 20.4. The van der Waals surface area contributed by atoms with Crippen LogP contribution in [0.15, 0.2) is 77.6 Å². The highest BCUT2D eigenvalue weighted by atomic mass is 35.5. The maximum absolute atomic E-state index is 14.0. The van der Waals surface area contributed by atoms with Gasteiger partial charge in [-0.25, -0.2) is 4.39 Å². The molecule has 1 atom stereocenters. The molecule has 172 valence electrons. The molecular formula is C28H24ClFN2O2. The number of nitrogens with one attached hydrogen (secondary N) is 1. The van der Waals surface area contributed by atoms with Gasteiger partial charge in [0.1, 0.15) is 5.82 Å². The fourth-order valence-corrected chi connectivity index (χ4v) is 5.11. The fraction of sp³-hybridized carbons (Fsp3) is 0.214. The minimum absolute atomic E-state index is 0.237. The van der Waals surface area contributed by atoms with E-state index in [9.17, 15) is 14.0 Å². The van der Waals surface area contributed by atoms with Crippen molar-refractivity contribution in [3.05, 3.63) is 111 Å². The summed E-state index contributed by atoms with van der Waals surface area (Å²) in [4.78, 5) is 27.3. The molecule has 0 radical (unpaired) electrons. The van der Waals surface area contributed by atoms with E-state index >= 15 is 0 Å². The molecule has 1 N–H and O–H groups in total. The summed E-state index contributed by atoms with van der Waals surface area (Å²) < 4.78 is 15.5. The molecule has 0 saturated heterocycles. The maximum Gasteiger partial charge on any atom is 0.264 e. The number of carbonyl (C=O) groups is 1. The van der Waals surface area contributed by atoms with Crippen molar-refractivity contribution in [3.8, 4) is 5.69 Å². The van der Waals surface area contributed by atoms with Crippen LogP contribution in [0.5, 0.6) is 0 Å². The first-order valence-electron chi connectivity index (χ1n) is 11.4. The number of fused-ring (bicyclic) bond motifs is 1. The van der Waals surface area contributed by atoms with Crippen molar-refractivity contribution >= 4 is 28.3 Å².